The van der Waals surface area contributed by atoms with Crippen LogP contribution in [0.5, 0.6) is 0 Å². The minimum Gasteiger partial charge on any atom is -0.382 e. The third-order valence-corrected chi connectivity index (χ3v) is 3.40. The van der Waals surface area contributed by atoms with E-state index in [4.69, 9.17) is 5.73 Å². The number of nitrogens with zero attached hydrogens (tertiary/aromatic N) is 7. The van der Waals surface area contributed by atoms with Crippen LogP contribution in [0, 0.1) is 13.8 Å². The zero-order chi connectivity index (χ0) is 15.7. The molecule has 3 rings (SSSR count). The number of aryl methyl sites for hydroxylation is 2. The molecule has 3 N–H and O–H groups in total. The largest absolute Gasteiger partial charge is 0.382 e. The summed E-state index contributed by atoms with van der Waals surface area (Å²) in [7, 11) is 0. The van der Waals surface area contributed by atoms with Crippen molar-refractivity contribution in [1.29, 1.82) is 0 Å². The van der Waals surface area contributed by atoms with E-state index in [0.29, 0.717) is 28.2 Å². The zero-order valence-corrected chi connectivity index (χ0v) is 12.5. The van der Waals surface area contributed by atoms with Crippen molar-refractivity contribution >= 4 is 28.2 Å². The average molecular weight is 317 g/mol. The summed E-state index contributed by atoms with van der Waals surface area (Å²) in [5.41, 5.74) is 6.52. The van der Waals surface area contributed by atoms with Crippen molar-refractivity contribution in [2.45, 2.75) is 13.8 Å². The number of nitrogen functional groups attached to an aromatic ring is 1. The summed E-state index contributed by atoms with van der Waals surface area (Å²) < 4.78 is 5.39. The molecule has 10 nitrogen and oxygen atoms in total. The molecule has 22 heavy (non-hydrogen) atoms. The highest BCUT2D eigenvalue weighted by atomic mass is 32.1. The molecule has 0 radical (unpaired) electrons. The van der Waals surface area contributed by atoms with Gasteiger partial charge in [-0.05, 0) is 19.9 Å². The fraction of sp³-hybridized carbons (Fsp3) is 0.182. The van der Waals surface area contributed by atoms with Crippen LogP contribution in [0.4, 0.5) is 16.6 Å². The SMILES string of the molecule is Cc1nsc(/N=N/c2c(C)nn(-c3ccnc(=O)[nH]3)c2N)n1. The van der Waals surface area contributed by atoms with Crippen LogP contribution < -0.4 is 11.4 Å². The number of aromatic amines is 1. The van der Waals surface area contributed by atoms with Gasteiger partial charge in [0.25, 0.3) is 0 Å². The summed E-state index contributed by atoms with van der Waals surface area (Å²) in [6.07, 6.45) is 1.37. The first kappa shape index (κ1) is 14.0. The number of hydrogen-bond donors (Lipinski definition) is 2. The Morgan fingerprint density at radius 3 is 2.86 bits per heavy atom. The number of nitrogens with two attached hydrogens (primary N) is 1. The fourth-order valence-electron chi connectivity index (χ4n) is 1.75. The fourth-order valence-corrected chi connectivity index (χ4v) is 2.25. The summed E-state index contributed by atoms with van der Waals surface area (Å²) in [6, 6.07) is 1.58. The van der Waals surface area contributed by atoms with E-state index in [0.717, 1.165) is 11.5 Å². The number of rotatable bonds is 3. The minimum absolute atomic E-state index is 0.254. The van der Waals surface area contributed by atoms with Gasteiger partial charge >= 0.3 is 5.69 Å². The summed E-state index contributed by atoms with van der Waals surface area (Å²) in [6.45, 7) is 3.51. The van der Waals surface area contributed by atoms with Gasteiger partial charge in [-0.2, -0.15) is 14.2 Å². The molecule has 3 aromatic heterocycles. The molecule has 0 aliphatic heterocycles. The lowest BCUT2D eigenvalue weighted by Gasteiger charge is -2.01. The maximum Gasteiger partial charge on any atom is 0.346 e. The van der Waals surface area contributed by atoms with Crippen LogP contribution in [0.15, 0.2) is 27.3 Å². The van der Waals surface area contributed by atoms with Gasteiger partial charge in [0, 0.05) is 17.7 Å². The van der Waals surface area contributed by atoms with Crippen LogP contribution in [-0.2, 0) is 0 Å². The van der Waals surface area contributed by atoms with Gasteiger partial charge in [-0.15, -0.1) is 10.2 Å². The van der Waals surface area contributed by atoms with Crippen molar-refractivity contribution in [3.8, 4) is 5.82 Å². The second-order valence-electron chi connectivity index (χ2n) is 4.32. The summed E-state index contributed by atoms with van der Waals surface area (Å²) in [4.78, 5) is 21.5. The molecular weight excluding hydrogens is 306 g/mol. The number of aromatic nitrogens is 6. The predicted octanol–water partition coefficient (Wildman–Crippen LogP) is 1.42. The first-order valence-corrected chi connectivity index (χ1v) is 6.95. The van der Waals surface area contributed by atoms with E-state index in [-0.39, 0.29) is 5.82 Å². The summed E-state index contributed by atoms with van der Waals surface area (Å²) >= 11 is 1.14. The van der Waals surface area contributed by atoms with Gasteiger partial charge in [-0.3, -0.25) is 4.98 Å². The lowest BCUT2D eigenvalue weighted by atomic mass is 10.4. The standard InChI is InChI=1S/C11H11N9OS/c1-5-8(16-17-11-14-6(2)19-22-11)9(12)20(18-5)7-3-4-13-10(21)15-7/h3-4H,12H2,1-2H3,(H,13,15,21)/b17-16+. The highest BCUT2D eigenvalue weighted by Gasteiger charge is 2.14. The third-order valence-electron chi connectivity index (χ3n) is 2.70. The predicted molar refractivity (Wildman–Crippen MR) is 80.0 cm³/mol. The topological polar surface area (TPSA) is 140 Å². The Hall–Kier alpha value is -2.95. The second kappa shape index (κ2) is 5.44. The van der Waals surface area contributed by atoms with Crippen LogP contribution in [0.25, 0.3) is 5.82 Å². The molecule has 0 fully saturated rings. The van der Waals surface area contributed by atoms with Crippen molar-refractivity contribution in [2.24, 2.45) is 10.2 Å². The van der Waals surface area contributed by atoms with E-state index in [9.17, 15) is 4.79 Å². The number of azo groups is 1. The van der Waals surface area contributed by atoms with E-state index in [1.54, 1.807) is 19.9 Å². The van der Waals surface area contributed by atoms with Gasteiger partial charge in [0.2, 0.25) is 5.13 Å². The Labute approximate surface area is 127 Å². The molecule has 3 heterocycles. The Morgan fingerprint density at radius 1 is 1.36 bits per heavy atom. The molecule has 0 amide bonds. The highest BCUT2D eigenvalue weighted by Crippen LogP contribution is 2.29. The number of hydrogen-bond acceptors (Lipinski definition) is 9. The third kappa shape index (κ3) is 2.61. The maximum absolute atomic E-state index is 11.3. The highest BCUT2D eigenvalue weighted by molar-refractivity contribution is 7.09. The molecular formula is C11H11N9OS. The van der Waals surface area contributed by atoms with Crippen molar-refractivity contribution in [3.63, 3.8) is 0 Å². The van der Waals surface area contributed by atoms with Crippen LogP contribution in [0.2, 0.25) is 0 Å². The van der Waals surface area contributed by atoms with Crippen molar-refractivity contribution in [3.05, 3.63) is 34.3 Å². The zero-order valence-electron chi connectivity index (χ0n) is 11.7. The molecule has 11 heteroatoms. The van der Waals surface area contributed by atoms with Crippen LogP contribution in [0.3, 0.4) is 0 Å². The van der Waals surface area contributed by atoms with Crippen LogP contribution >= 0.6 is 11.5 Å². The Bertz CT molecular complexity index is 906. The van der Waals surface area contributed by atoms with E-state index < -0.39 is 5.69 Å². The monoisotopic (exact) mass is 317 g/mol. The van der Waals surface area contributed by atoms with E-state index >= 15 is 0 Å². The maximum atomic E-state index is 11.3. The molecule has 112 valence electrons. The van der Waals surface area contributed by atoms with E-state index in [1.165, 1.54) is 10.9 Å². The summed E-state index contributed by atoms with van der Waals surface area (Å²) in [5.74, 6) is 1.28. The molecule has 0 saturated carbocycles. The number of nitrogens with one attached hydrogen (secondary N) is 1. The normalized spacial score (nSPS) is 11.4. The first-order valence-electron chi connectivity index (χ1n) is 6.17. The molecule has 0 saturated heterocycles. The second-order valence-corrected chi connectivity index (χ2v) is 5.05. The molecule has 0 unspecified atom stereocenters. The smallest absolute Gasteiger partial charge is 0.346 e. The quantitative estimate of drug-likeness (QED) is 0.700. The van der Waals surface area contributed by atoms with Crippen molar-refractivity contribution < 1.29 is 0 Å². The first-order chi connectivity index (χ1) is 10.5. The molecule has 0 aromatic carbocycles. The molecule has 0 aliphatic carbocycles. The molecule has 0 bridgehead atoms. The van der Waals surface area contributed by atoms with Crippen LogP contribution in [-0.4, -0.2) is 29.1 Å². The Kier molecular flexibility index (Phi) is 3.47. The average Bonchev–Trinajstić information content (AvgIpc) is 3.01. The number of H-pyrrole nitrogens is 1. The van der Waals surface area contributed by atoms with Gasteiger partial charge in [-0.25, -0.2) is 14.8 Å². The number of anilines is 1. The van der Waals surface area contributed by atoms with Gasteiger partial charge in [-0.1, -0.05) is 0 Å². The minimum atomic E-state index is -0.488. The van der Waals surface area contributed by atoms with E-state index in [2.05, 4.69) is 34.7 Å². The summed E-state index contributed by atoms with van der Waals surface area (Å²) in [5, 5.41) is 12.7. The van der Waals surface area contributed by atoms with Crippen molar-refractivity contribution in [2.75, 3.05) is 5.73 Å². The molecule has 0 atom stereocenters. The Balaban J connectivity index is 2.00. The van der Waals surface area contributed by atoms with Gasteiger partial charge in [0.05, 0.1) is 5.69 Å². The van der Waals surface area contributed by atoms with Gasteiger partial charge < -0.3 is 5.73 Å². The van der Waals surface area contributed by atoms with Crippen LogP contribution in [0.1, 0.15) is 11.5 Å². The lowest BCUT2D eigenvalue weighted by molar-refractivity contribution is 0.825. The molecule has 3 aromatic rings. The molecule has 0 spiro atoms. The van der Waals surface area contributed by atoms with Gasteiger partial charge in [0.15, 0.2) is 11.5 Å². The van der Waals surface area contributed by atoms with Gasteiger partial charge in [0.1, 0.15) is 11.6 Å². The lowest BCUT2D eigenvalue weighted by Crippen LogP contribution is -2.14. The Morgan fingerprint density at radius 2 is 2.18 bits per heavy atom. The van der Waals surface area contributed by atoms with Crippen molar-refractivity contribution in [1.82, 2.24) is 29.1 Å². The molecule has 0 aliphatic rings. The van der Waals surface area contributed by atoms with E-state index in [1.807, 2.05) is 0 Å².